The third kappa shape index (κ3) is 7.59. The fraction of sp³-hybridized carbons (Fsp3) is 0.909. The summed E-state index contributed by atoms with van der Waals surface area (Å²) in [6.07, 6.45) is 0.647. The summed E-state index contributed by atoms with van der Waals surface area (Å²) in [6.45, 7) is 7.72. The summed E-state index contributed by atoms with van der Waals surface area (Å²) in [6, 6.07) is 0. The van der Waals surface area contributed by atoms with Crippen molar-refractivity contribution in [1.29, 1.82) is 0 Å². The molecule has 0 aliphatic carbocycles. The first-order valence-corrected chi connectivity index (χ1v) is 5.49. The van der Waals surface area contributed by atoms with Crippen molar-refractivity contribution in [2.45, 2.75) is 38.5 Å². The maximum absolute atomic E-state index is 13.2. The largest absolute Gasteiger partial charge is 0.462 e. The van der Waals surface area contributed by atoms with Gasteiger partial charge in [0, 0.05) is 13.1 Å². The second kappa shape index (κ2) is 6.81. The van der Waals surface area contributed by atoms with Crippen molar-refractivity contribution in [3.05, 3.63) is 0 Å². The fourth-order valence-corrected chi connectivity index (χ4v) is 1.33. The van der Waals surface area contributed by atoms with Crippen LogP contribution in [0.3, 0.4) is 0 Å². The van der Waals surface area contributed by atoms with Gasteiger partial charge in [0.2, 0.25) is 0 Å². The van der Waals surface area contributed by atoms with E-state index in [2.05, 4.69) is 15.4 Å². The Kier molecular flexibility index (Phi) is 6.52. The van der Waals surface area contributed by atoms with E-state index in [1.54, 1.807) is 7.05 Å². The highest BCUT2D eigenvalue weighted by atomic mass is 19.1. The maximum atomic E-state index is 13.2. The molecule has 0 saturated carbocycles. The molecule has 1 aliphatic rings. The molecule has 96 valence electrons. The van der Waals surface area contributed by atoms with E-state index in [4.69, 9.17) is 0 Å². The van der Waals surface area contributed by atoms with Crippen LogP contribution >= 0.6 is 0 Å². The predicted octanol–water partition coefficient (Wildman–Crippen LogP) is 0.865. The van der Waals surface area contributed by atoms with Crippen LogP contribution in [0.25, 0.3) is 0 Å². The van der Waals surface area contributed by atoms with Gasteiger partial charge in [0.15, 0.2) is 0 Å². The molecule has 1 unspecified atom stereocenters. The van der Waals surface area contributed by atoms with Gasteiger partial charge in [-0.15, -0.1) is 0 Å². The number of halogens is 1. The zero-order valence-electron chi connectivity index (χ0n) is 10.6. The summed E-state index contributed by atoms with van der Waals surface area (Å²) in [5.41, 5.74) is -1.30. The molecule has 1 rings (SSSR count). The van der Waals surface area contributed by atoms with E-state index in [0.717, 1.165) is 6.54 Å². The van der Waals surface area contributed by atoms with Crippen molar-refractivity contribution >= 4 is 6.47 Å². The Labute approximate surface area is 96.9 Å². The average Bonchev–Trinajstić information content (AvgIpc) is 2.51. The standard InChI is InChI=1S/C6H13FN2.C5H10O2/c1-8-4-6(7)2-3-9-5-6;1-5(2,3)7-4-6/h8-9H,2-5H2,1H3;4H,1-3H3. The molecule has 1 heterocycles. The van der Waals surface area contributed by atoms with Crippen LogP contribution in [0.1, 0.15) is 27.2 Å². The highest BCUT2D eigenvalue weighted by molar-refractivity contribution is 5.37. The molecule has 1 fully saturated rings. The number of carbonyl (C=O) groups is 1. The quantitative estimate of drug-likeness (QED) is 0.711. The van der Waals surface area contributed by atoms with Gasteiger partial charge in [-0.1, -0.05) is 0 Å². The second-order valence-electron chi connectivity index (χ2n) is 4.93. The van der Waals surface area contributed by atoms with Crippen LogP contribution in [-0.4, -0.2) is 44.4 Å². The monoisotopic (exact) mass is 234 g/mol. The van der Waals surface area contributed by atoms with Gasteiger partial charge in [0.05, 0.1) is 0 Å². The van der Waals surface area contributed by atoms with Crippen molar-refractivity contribution in [2.75, 3.05) is 26.7 Å². The Morgan fingerprint density at radius 1 is 1.56 bits per heavy atom. The van der Waals surface area contributed by atoms with Crippen LogP contribution in [0, 0.1) is 0 Å². The fourth-order valence-electron chi connectivity index (χ4n) is 1.33. The number of nitrogens with one attached hydrogen (secondary N) is 2. The molecule has 4 nitrogen and oxygen atoms in total. The van der Waals surface area contributed by atoms with Crippen LogP contribution in [0.4, 0.5) is 4.39 Å². The lowest BCUT2D eigenvalue weighted by Gasteiger charge is -2.16. The number of carbonyl (C=O) groups excluding carboxylic acids is 1. The predicted molar refractivity (Wildman–Crippen MR) is 62.2 cm³/mol. The van der Waals surface area contributed by atoms with E-state index >= 15 is 0 Å². The molecule has 0 aromatic rings. The lowest BCUT2D eigenvalue weighted by atomic mass is 10.1. The second-order valence-corrected chi connectivity index (χ2v) is 4.93. The zero-order chi connectivity index (χ0) is 12.7. The first-order chi connectivity index (χ1) is 7.33. The van der Waals surface area contributed by atoms with Crippen molar-refractivity contribution in [2.24, 2.45) is 0 Å². The van der Waals surface area contributed by atoms with Gasteiger partial charge in [-0.3, -0.25) is 4.79 Å². The molecule has 0 radical (unpaired) electrons. The van der Waals surface area contributed by atoms with Crippen LogP contribution in [0.2, 0.25) is 0 Å². The third-order valence-electron chi connectivity index (χ3n) is 2.09. The SMILES string of the molecule is CC(C)(C)OC=O.CNCC1(F)CCNC1. The maximum Gasteiger partial charge on any atom is 0.293 e. The Balaban J connectivity index is 0.000000293. The van der Waals surface area contributed by atoms with Gasteiger partial charge in [0.25, 0.3) is 6.47 Å². The molecule has 0 amide bonds. The van der Waals surface area contributed by atoms with Crippen LogP contribution in [-0.2, 0) is 9.53 Å². The lowest BCUT2D eigenvalue weighted by molar-refractivity contribution is -0.138. The number of rotatable bonds is 3. The number of ether oxygens (including phenoxy) is 1. The average molecular weight is 234 g/mol. The minimum Gasteiger partial charge on any atom is -0.462 e. The minimum absolute atomic E-state index is 0.318. The summed E-state index contributed by atoms with van der Waals surface area (Å²) < 4.78 is 17.7. The molecule has 1 atom stereocenters. The normalized spacial score (nSPS) is 24.6. The Bertz CT molecular complexity index is 199. The summed E-state index contributed by atoms with van der Waals surface area (Å²) in [7, 11) is 1.78. The van der Waals surface area contributed by atoms with Gasteiger partial charge in [-0.05, 0) is 40.8 Å². The summed E-state index contributed by atoms with van der Waals surface area (Å²) >= 11 is 0. The number of hydrogen-bond acceptors (Lipinski definition) is 4. The minimum atomic E-state index is -0.977. The molecule has 1 saturated heterocycles. The van der Waals surface area contributed by atoms with E-state index < -0.39 is 5.67 Å². The number of alkyl halides is 1. The number of hydrogen-bond donors (Lipinski definition) is 2. The van der Waals surface area contributed by atoms with Gasteiger partial charge in [-0.25, -0.2) is 4.39 Å². The van der Waals surface area contributed by atoms with Crippen molar-refractivity contribution in [1.82, 2.24) is 10.6 Å². The molecule has 0 bridgehead atoms. The Morgan fingerprint density at radius 3 is 2.44 bits per heavy atom. The molecule has 0 aromatic carbocycles. The van der Waals surface area contributed by atoms with Crippen molar-refractivity contribution < 1.29 is 13.9 Å². The van der Waals surface area contributed by atoms with Gasteiger partial charge in [-0.2, -0.15) is 0 Å². The van der Waals surface area contributed by atoms with E-state index in [1.807, 2.05) is 20.8 Å². The van der Waals surface area contributed by atoms with Crippen LogP contribution in [0.5, 0.6) is 0 Å². The summed E-state index contributed by atoms with van der Waals surface area (Å²) in [4.78, 5) is 9.60. The molecule has 0 spiro atoms. The summed E-state index contributed by atoms with van der Waals surface area (Å²) in [5, 5.41) is 5.82. The van der Waals surface area contributed by atoms with E-state index in [-0.39, 0.29) is 5.60 Å². The van der Waals surface area contributed by atoms with Crippen molar-refractivity contribution in [3.63, 3.8) is 0 Å². The van der Waals surface area contributed by atoms with Crippen LogP contribution in [0.15, 0.2) is 0 Å². The molecule has 16 heavy (non-hydrogen) atoms. The molecular weight excluding hydrogens is 211 g/mol. The first kappa shape index (κ1) is 15.3. The van der Waals surface area contributed by atoms with E-state index in [1.165, 1.54) is 0 Å². The topological polar surface area (TPSA) is 50.4 Å². The Morgan fingerprint density at radius 2 is 2.19 bits per heavy atom. The van der Waals surface area contributed by atoms with E-state index in [0.29, 0.717) is 26.0 Å². The highest BCUT2D eigenvalue weighted by Gasteiger charge is 2.32. The van der Waals surface area contributed by atoms with E-state index in [9.17, 15) is 9.18 Å². The molecular formula is C11H23FN2O2. The van der Waals surface area contributed by atoms with Crippen molar-refractivity contribution in [3.8, 4) is 0 Å². The molecule has 0 aromatic heterocycles. The molecule has 1 aliphatic heterocycles. The van der Waals surface area contributed by atoms with Gasteiger partial charge < -0.3 is 15.4 Å². The first-order valence-electron chi connectivity index (χ1n) is 5.49. The van der Waals surface area contributed by atoms with Crippen LogP contribution < -0.4 is 10.6 Å². The Hall–Kier alpha value is -0.680. The van der Waals surface area contributed by atoms with Gasteiger partial charge in [0.1, 0.15) is 11.3 Å². The molecule has 2 N–H and O–H groups in total. The summed E-state index contributed by atoms with van der Waals surface area (Å²) in [5.74, 6) is 0. The third-order valence-corrected chi connectivity index (χ3v) is 2.09. The highest BCUT2D eigenvalue weighted by Crippen LogP contribution is 2.17. The van der Waals surface area contributed by atoms with Gasteiger partial charge >= 0.3 is 0 Å². The zero-order valence-corrected chi connectivity index (χ0v) is 10.6. The molecule has 5 heteroatoms. The lowest BCUT2D eigenvalue weighted by Crippen LogP contribution is -2.36. The smallest absolute Gasteiger partial charge is 0.293 e.